The molecule has 1 aliphatic rings. The highest BCUT2D eigenvalue weighted by atomic mass is 32.1. The van der Waals surface area contributed by atoms with Gasteiger partial charge in [0.25, 0.3) is 0 Å². The molecule has 0 unspecified atom stereocenters. The molecule has 2 heterocycles. The Morgan fingerprint density at radius 3 is 2.74 bits per heavy atom. The van der Waals surface area contributed by atoms with Gasteiger partial charge >= 0.3 is 11.8 Å². The SMILES string of the molecule is Cc1ccccc1NC(=O)C(=O)Nc1nc2c(s1)CN(C)CC2. The first-order valence-corrected chi connectivity index (χ1v) is 8.19. The van der Waals surface area contributed by atoms with Gasteiger partial charge < -0.3 is 10.2 Å². The normalized spacial score (nSPS) is 14.2. The van der Waals surface area contributed by atoms with Crippen LogP contribution in [0.5, 0.6) is 0 Å². The average molecular weight is 330 g/mol. The molecule has 6 nitrogen and oxygen atoms in total. The summed E-state index contributed by atoms with van der Waals surface area (Å²) < 4.78 is 0. The molecule has 0 aliphatic carbocycles. The van der Waals surface area contributed by atoms with E-state index in [0.717, 1.165) is 35.6 Å². The third-order valence-corrected chi connectivity index (χ3v) is 4.74. The maximum Gasteiger partial charge on any atom is 0.315 e. The monoisotopic (exact) mass is 330 g/mol. The molecular weight excluding hydrogens is 312 g/mol. The zero-order valence-electron chi connectivity index (χ0n) is 13.0. The molecule has 3 rings (SSSR count). The number of aromatic nitrogens is 1. The Morgan fingerprint density at radius 2 is 1.96 bits per heavy atom. The molecule has 2 N–H and O–H groups in total. The summed E-state index contributed by atoms with van der Waals surface area (Å²) in [4.78, 5) is 31.8. The molecule has 1 aromatic heterocycles. The summed E-state index contributed by atoms with van der Waals surface area (Å²) in [5.74, 6) is -1.39. The highest BCUT2D eigenvalue weighted by Gasteiger charge is 2.21. The third kappa shape index (κ3) is 3.57. The lowest BCUT2D eigenvalue weighted by Crippen LogP contribution is -2.29. The van der Waals surface area contributed by atoms with E-state index < -0.39 is 11.8 Å². The maximum atomic E-state index is 12.0. The molecule has 1 aliphatic heterocycles. The van der Waals surface area contributed by atoms with Crippen LogP contribution in [0.1, 0.15) is 16.1 Å². The number of carbonyl (C=O) groups excluding carboxylic acids is 2. The second kappa shape index (κ2) is 6.47. The largest absolute Gasteiger partial charge is 0.318 e. The van der Waals surface area contributed by atoms with Crippen LogP contribution in [0.3, 0.4) is 0 Å². The topological polar surface area (TPSA) is 74.3 Å². The maximum absolute atomic E-state index is 12.0. The number of amides is 2. The van der Waals surface area contributed by atoms with Crippen LogP contribution in [-0.2, 0) is 22.6 Å². The molecule has 0 saturated carbocycles. The number of aryl methyl sites for hydroxylation is 1. The van der Waals surface area contributed by atoms with E-state index in [9.17, 15) is 9.59 Å². The summed E-state index contributed by atoms with van der Waals surface area (Å²) in [6.07, 6.45) is 0.869. The molecule has 0 fully saturated rings. The number of hydrogen-bond donors (Lipinski definition) is 2. The van der Waals surface area contributed by atoms with Crippen LogP contribution in [0.25, 0.3) is 0 Å². The minimum absolute atomic E-state index is 0.482. The first-order chi connectivity index (χ1) is 11.0. The van der Waals surface area contributed by atoms with Crippen molar-refractivity contribution in [2.24, 2.45) is 0 Å². The predicted molar refractivity (Wildman–Crippen MR) is 90.6 cm³/mol. The number of likely N-dealkylation sites (N-methyl/N-ethyl adjacent to an activating group) is 1. The molecule has 23 heavy (non-hydrogen) atoms. The van der Waals surface area contributed by atoms with Crippen molar-refractivity contribution in [3.05, 3.63) is 40.4 Å². The first kappa shape index (κ1) is 15.6. The van der Waals surface area contributed by atoms with E-state index in [1.807, 2.05) is 25.1 Å². The quantitative estimate of drug-likeness (QED) is 0.826. The molecule has 1 aromatic carbocycles. The van der Waals surface area contributed by atoms with Gasteiger partial charge in [0.1, 0.15) is 0 Å². The average Bonchev–Trinajstić information content (AvgIpc) is 2.90. The minimum Gasteiger partial charge on any atom is -0.318 e. The van der Waals surface area contributed by atoms with Gasteiger partial charge in [0, 0.05) is 30.1 Å². The lowest BCUT2D eigenvalue weighted by molar-refractivity contribution is -0.133. The molecule has 120 valence electrons. The fourth-order valence-corrected chi connectivity index (χ4v) is 3.51. The van der Waals surface area contributed by atoms with E-state index in [1.165, 1.54) is 11.3 Å². The van der Waals surface area contributed by atoms with E-state index in [2.05, 4.69) is 27.6 Å². The van der Waals surface area contributed by atoms with E-state index in [1.54, 1.807) is 6.07 Å². The van der Waals surface area contributed by atoms with Crippen LogP contribution >= 0.6 is 11.3 Å². The standard InChI is InChI=1S/C16H18N4O2S/c1-10-5-3-4-6-11(10)17-14(21)15(22)19-16-18-12-7-8-20(2)9-13(12)23-16/h3-6H,7-9H2,1-2H3,(H,17,21)(H,18,19,22). The number of thiazole rings is 1. The molecule has 0 radical (unpaired) electrons. The fourth-order valence-electron chi connectivity index (χ4n) is 2.42. The van der Waals surface area contributed by atoms with Gasteiger partial charge in [-0.3, -0.25) is 14.9 Å². The summed E-state index contributed by atoms with van der Waals surface area (Å²) >= 11 is 1.43. The summed E-state index contributed by atoms with van der Waals surface area (Å²) in [6, 6.07) is 7.32. The second-order valence-electron chi connectivity index (χ2n) is 5.60. The number of nitrogens with one attached hydrogen (secondary N) is 2. The van der Waals surface area contributed by atoms with Gasteiger partial charge in [-0.25, -0.2) is 4.98 Å². The molecule has 0 spiro atoms. The zero-order chi connectivity index (χ0) is 16.4. The number of fused-ring (bicyclic) bond motifs is 1. The number of nitrogens with zero attached hydrogens (tertiary/aromatic N) is 2. The van der Waals surface area contributed by atoms with Crippen molar-refractivity contribution in [1.82, 2.24) is 9.88 Å². The predicted octanol–water partition coefficient (Wildman–Crippen LogP) is 2.02. The Bertz CT molecular complexity index is 756. The molecule has 2 amide bonds. The summed E-state index contributed by atoms with van der Waals surface area (Å²) in [6.45, 7) is 3.66. The Kier molecular flexibility index (Phi) is 4.40. The van der Waals surface area contributed by atoms with E-state index in [4.69, 9.17) is 0 Å². The Hall–Kier alpha value is -2.25. The number of para-hydroxylation sites is 1. The van der Waals surface area contributed by atoms with Crippen LogP contribution in [0, 0.1) is 6.92 Å². The van der Waals surface area contributed by atoms with Crippen LogP contribution in [0.2, 0.25) is 0 Å². The van der Waals surface area contributed by atoms with E-state index in [-0.39, 0.29) is 0 Å². The Labute approximate surface area is 138 Å². The van der Waals surface area contributed by atoms with Gasteiger partial charge in [-0.2, -0.15) is 0 Å². The van der Waals surface area contributed by atoms with Crippen molar-refractivity contribution in [1.29, 1.82) is 0 Å². The summed E-state index contributed by atoms with van der Waals surface area (Å²) in [7, 11) is 2.05. The second-order valence-corrected chi connectivity index (χ2v) is 6.68. The smallest absolute Gasteiger partial charge is 0.315 e. The summed E-state index contributed by atoms with van der Waals surface area (Å²) in [5.41, 5.74) is 2.55. The van der Waals surface area contributed by atoms with Gasteiger partial charge in [-0.05, 0) is 25.6 Å². The van der Waals surface area contributed by atoms with Gasteiger partial charge in [-0.15, -0.1) is 11.3 Å². The van der Waals surface area contributed by atoms with Crippen LogP contribution in [0.15, 0.2) is 24.3 Å². The molecule has 7 heteroatoms. The van der Waals surface area contributed by atoms with Crippen LogP contribution in [0.4, 0.5) is 10.8 Å². The Balaban J connectivity index is 1.65. The lowest BCUT2D eigenvalue weighted by atomic mass is 10.2. The van der Waals surface area contributed by atoms with Crippen molar-refractivity contribution in [3.8, 4) is 0 Å². The van der Waals surface area contributed by atoms with Gasteiger partial charge in [0.2, 0.25) is 0 Å². The van der Waals surface area contributed by atoms with E-state index >= 15 is 0 Å². The van der Waals surface area contributed by atoms with Crippen molar-refractivity contribution < 1.29 is 9.59 Å². The van der Waals surface area contributed by atoms with Crippen LogP contribution in [-0.4, -0.2) is 35.3 Å². The van der Waals surface area contributed by atoms with Crippen molar-refractivity contribution in [2.75, 3.05) is 24.2 Å². The zero-order valence-corrected chi connectivity index (χ0v) is 13.9. The minimum atomic E-state index is -0.701. The van der Waals surface area contributed by atoms with Crippen molar-refractivity contribution in [2.45, 2.75) is 19.9 Å². The number of benzene rings is 1. The fraction of sp³-hybridized carbons (Fsp3) is 0.312. The van der Waals surface area contributed by atoms with E-state index in [0.29, 0.717) is 10.8 Å². The van der Waals surface area contributed by atoms with Gasteiger partial charge in [0.15, 0.2) is 5.13 Å². The Morgan fingerprint density at radius 1 is 1.22 bits per heavy atom. The lowest BCUT2D eigenvalue weighted by Gasteiger charge is -2.20. The number of rotatable bonds is 2. The number of anilines is 2. The highest BCUT2D eigenvalue weighted by Crippen LogP contribution is 2.27. The molecule has 0 saturated heterocycles. The van der Waals surface area contributed by atoms with Gasteiger partial charge in [-0.1, -0.05) is 18.2 Å². The van der Waals surface area contributed by atoms with Crippen molar-refractivity contribution in [3.63, 3.8) is 0 Å². The highest BCUT2D eigenvalue weighted by molar-refractivity contribution is 7.16. The number of hydrogen-bond acceptors (Lipinski definition) is 5. The molecule has 0 bridgehead atoms. The number of carbonyl (C=O) groups is 2. The van der Waals surface area contributed by atoms with Crippen LogP contribution < -0.4 is 10.6 Å². The van der Waals surface area contributed by atoms with Gasteiger partial charge in [0.05, 0.1) is 5.69 Å². The molecule has 2 aromatic rings. The third-order valence-electron chi connectivity index (χ3n) is 3.74. The first-order valence-electron chi connectivity index (χ1n) is 7.38. The summed E-state index contributed by atoms with van der Waals surface area (Å²) in [5, 5.41) is 5.69. The molecule has 0 atom stereocenters. The van der Waals surface area contributed by atoms with Crippen molar-refractivity contribution >= 4 is 34.0 Å². The molecular formula is C16H18N4O2S.